The number of carbonyl (C=O) groups excluding carboxylic acids is 1. The van der Waals surface area contributed by atoms with Crippen molar-refractivity contribution in [2.24, 2.45) is 0 Å². The summed E-state index contributed by atoms with van der Waals surface area (Å²) in [6, 6.07) is 13.6. The van der Waals surface area contributed by atoms with Crippen LogP contribution in [-0.2, 0) is 4.74 Å². The Morgan fingerprint density at radius 2 is 1.86 bits per heavy atom. The summed E-state index contributed by atoms with van der Waals surface area (Å²) >= 11 is 0. The van der Waals surface area contributed by atoms with Crippen LogP contribution in [0, 0.1) is 0 Å². The van der Waals surface area contributed by atoms with Crippen LogP contribution >= 0.6 is 0 Å². The molecule has 22 heavy (non-hydrogen) atoms. The lowest BCUT2D eigenvalue weighted by Gasteiger charge is -2.14. The Kier molecular flexibility index (Phi) is 4.05. The van der Waals surface area contributed by atoms with Gasteiger partial charge in [0.2, 0.25) is 0 Å². The molecular weight excluding hydrogens is 274 g/mol. The Balaban J connectivity index is 2.14. The van der Waals surface area contributed by atoms with Gasteiger partial charge in [0.05, 0.1) is 11.1 Å². The van der Waals surface area contributed by atoms with Crippen molar-refractivity contribution >= 4 is 27.6 Å². The van der Waals surface area contributed by atoms with Crippen LogP contribution in [0.1, 0.15) is 37.0 Å². The van der Waals surface area contributed by atoms with Crippen LogP contribution in [0.5, 0.6) is 0 Å². The molecule has 1 aromatic heterocycles. The van der Waals surface area contributed by atoms with Crippen molar-refractivity contribution in [3.05, 3.63) is 54.2 Å². The van der Waals surface area contributed by atoms with E-state index in [1.54, 1.807) is 6.20 Å². The van der Waals surface area contributed by atoms with Gasteiger partial charge in [-0.05, 0) is 47.9 Å². The van der Waals surface area contributed by atoms with Gasteiger partial charge in [0.15, 0.2) is 0 Å². The van der Waals surface area contributed by atoms with Gasteiger partial charge in [-0.1, -0.05) is 32.0 Å². The average Bonchev–Trinajstić information content (AvgIpc) is 2.88. The number of hydrogen-bond donors (Lipinski definition) is 0. The molecule has 3 nitrogen and oxygen atoms in total. The molecule has 3 rings (SSSR count). The minimum absolute atomic E-state index is 0.0302. The summed E-state index contributed by atoms with van der Waals surface area (Å²) in [7, 11) is 0. The molecule has 0 saturated carbocycles. The Bertz CT molecular complexity index is 822. The quantitative estimate of drug-likeness (QED) is 0.653. The van der Waals surface area contributed by atoms with Crippen molar-refractivity contribution in [3.8, 4) is 0 Å². The lowest BCUT2D eigenvalue weighted by molar-refractivity contribution is 0.0287. The summed E-state index contributed by atoms with van der Waals surface area (Å²) in [5.74, 6) is -0.256. The zero-order valence-electron chi connectivity index (χ0n) is 12.9. The number of nitrogens with zero attached hydrogens (tertiary/aromatic N) is 1. The maximum atomic E-state index is 12.6. The molecule has 0 fully saturated rings. The van der Waals surface area contributed by atoms with Crippen molar-refractivity contribution in [1.29, 1.82) is 0 Å². The van der Waals surface area contributed by atoms with E-state index in [1.165, 1.54) is 0 Å². The number of hydrogen-bond acceptors (Lipinski definition) is 3. The van der Waals surface area contributed by atoms with Crippen LogP contribution < -0.4 is 0 Å². The lowest BCUT2D eigenvalue weighted by atomic mass is 10.1. The second-order valence-electron chi connectivity index (χ2n) is 5.42. The molecule has 0 N–H and O–H groups in total. The van der Waals surface area contributed by atoms with E-state index in [4.69, 9.17) is 4.74 Å². The molecule has 2 aromatic carbocycles. The fourth-order valence-electron chi connectivity index (χ4n) is 2.68. The molecule has 0 atom stereocenters. The molecule has 0 amide bonds. The predicted molar refractivity (Wildman–Crippen MR) is 89.0 cm³/mol. The van der Waals surface area contributed by atoms with Gasteiger partial charge in [-0.25, -0.2) is 4.79 Å². The minimum Gasteiger partial charge on any atom is -0.459 e. The van der Waals surface area contributed by atoms with Crippen LogP contribution in [0.2, 0.25) is 0 Å². The number of benzene rings is 1. The highest BCUT2D eigenvalue weighted by atomic mass is 16.5. The van der Waals surface area contributed by atoms with Crippen LogP contribution in [-0.4, -0.2) is 17.1 Å². The maximum Gasteiger partial charge on any atom is 0.339 e. The Labute approximate surface area is 129 Å². The van der Waals surface area contributed by atoms with E-state index in [-0.39, 0.29) is 12.1 Å². The molecule has 3 aromatic rings. The summed E-state index contributed by atoms with van der Waals surface area (Å²) in [6.07, 6.45) is 3.41. The third kappa shape index (κ3) is 2.67. The fraction of sp³-hybridized carbons (Fsp3) is 0.263. The molecule has 0 aliphatic carbocycles. The fourth-order valence-corrected chi connectivity index (χ4v) is 2.68. The van der Waals surface area contributed by atoms with Crippen LogP contribution in [0.4, 0.5) is 0 Å². The van der Waals surface area contributed by atoms with Crippen LogP contribution in [0.25, 0.3) is 21.7 Å². The Hall–Kier alpha value is -2.42. The van der Waals surface area contributed by atoms with Crippen molar-refractivity contribution in [2.45, 2.75) is 32.8 Å². The van der Waals surface area contributed by atoms with E-state index in [1.807, 2.05) is 56.3 Å². The first kappa shape index (κ1) is 14.5. The van der Waals surface area contributed by atoms with E-state index in [9.17, 15) is 4.79 Å². The molecule has 0 aliphatic heterocycles. The van der Waals surface area contributed by atoms with Gasteiger partial charge >= 0.3 is 5.97 Å². The molecule has 112 valence electrons. The summed E-state index contributed by atoms with van der Waals surface area (Å²) in [5, 5.41) is 2.93. The van der Waals surface area contributed by atoms with Crippen molar-refractivity contribution in [2.75, 3.05) is 0 Å². The van der Waals surface area contributed by atoms with E-state index in [0.717, 1.165) is 34.5 Å². The second-order valence-corrected chi connectivity index (χ2v) is 5.42. The summed E-state index contributed by atoms with van der Waals surface area (Å²) in [5.41, 5.74) is 1.55. The molecular formula is C19H19NO2. The highest BCUT2D eigenvalue weighted by Gasteiger charge is 2.15. The topological polar surface area (TPSA) is 39.2 Å². The highest BCUT2D eigenvalue weighted by molar-refractivity contribution is 6.08. The average molecular weight is 293 g/mol. The number of rotatable bonds is 4. The number of ether oxygens (including phenoxy) is 1. The molecule has 1 heterocycles. The number of fused-ring (bicyclic) bond motifs is 2. The second kappa shape index (κ2) is 6.14. The first-order valence-electron chi connectivity index (χ1n) is 7.71. The largest absolute Gasteiger partial charge is 0.459 e. The van der Waals surface area contributed by atoms with Gasteiger partial charge in [-0.2, -0.15) is 0 Å². The van der Waals surface area contributed by atoms with Crippen molar-refractivity contribution < 1.29 is 9.53 Å². The minimum atomic E-state index is -0.256. The monoisotopic (exact) mass is 293 g/mol. The molecule has 0 radical (unpaired) electrons. The van der Waals surface area contributed by atoms with Gasteiger partial charge < -0.3 is 4.74 Å². The number of aromatic nitrogens is 1. The molecule has 0 bridgehead atoms. The molecule has 0 spiro atoms. The summed E-state index contributed by atoms with van der Waals surface area (Å²) in [6.45, 7) is 4.06. The van der Waals surface area contributed by atoms with E-state index >= 15 is 0 Å². The third-order valence-electron chi connectivity index (χ3n) is 4.01. The van der Waals surface area contributed by atoms with Crippen molar-refractivity contribution in [3.63, 3.8) is 0 Å². The summed E-state index contributed by atoms with van der Waals surface area (Å²) in [4.78, 5) is 16.9. The first-order valence-corrected chi connectivity index (χ1v) is 7.71. The van der Waals surface area contributed by atoms with E-state index in [0.29, 0.717) is 5.56 Å². The smallest absolute Gasteiger partial charge is 0.339 e. The zero-order chi connectivity index (χ0) is 15.5. The SMILES string of the molecule is CCC(CC)OC(=O)c1ccccc2cc3nccc3cc12. The predicted octanol–water partition coefficient (Wildman–Crippen LogP) is 4.73. The Morgan fingerprint density at radius 3 is 2.64 bits per heavy atom. The molecule has 0 unspecified atom stereocenters. The van der Waals surface area contributed by atoms with Crippen molar-refractivity contribution in [1.82, 2.24) is 4.98 Å². The first-order chi connectivity index (χ1) is 10.7. The van der Waals surface area contributed by atoms with Gasteiger partial charge in [0, 0.05) is 11.6 Å². The van der Waals surface area contributed by atoms with Gasteiger partial charge in [-0.15, -0.1) is 0 Å². The number of esters is 1. The zero-order valence-corrected chi connectivity index (χ0v) is 12.9. The summed E-state index contributed by atoms with van der Waals surface area (Å²) < 4.78 is 5.62. The lowest BCUT2D eigenvalue weighted by Crippen LogP contribution is -2.16. The maximum absolute atomic E-state index is 12.6. The van der Waals surface area contributed by atoms with Crippen LogP contribution in [0.15, 0.2) is 48.7 Å². The highest BCUT2D eigenvalue weighted by Crippen LogP contribution is 2.25. The van der Waals surface area contributed by atoms with Crippen LogP contribution in [0.3, 0.4) is 0 Å². The standard InChI is InChI=1S/C19H19NO2/c1-3-15(4-2)22-19(21)16-8-6-5-7-13-12-18-14(9-10-20-18)11-17(13)16/h5-12,15H,3-4H2,1-2H3. The van der Waals surface area contributed by atoms with E-state index < -0.39 is 0 Å². The van der Waals surface area contributed by atoms with Gasteiger partial charge in [0.1, 0.15) is 6.10 Å². The van der Waals surface area contributed by atoms with Gasteiger partial charge in [0.25, 0.3) is 0 Å². The molecule has 0 saturated heterocycles. The third-order valence-corrected chi connectivity index (χ3v) is 4.01. The van der Waals surface area contributed by atoms with E-state index in [2.05, 4.69) is 4.98 Å². The normalized spacial score (nSPS) is 11.2. The molecule has 3 heteroatoms. The van der Waals surface area contributed by atoms with Gasteiger partial charge in [-0.3, -0.25) is 4.98 Å². The number of carbonyl (C=O) groups is 1. The molecule has 0 aliphatic rings. The Morgan fingerprint density at radius 1 is 1.09 bits per heavy atom.